The van der Waals surface area contributed by atoms with E-state index in [0.717, 1.165) is 35.6 Å². The highest BCUT2D eigenvalue weighted by Crippen LogP contribution is 2.37. The molecular formula is C18H24BNO3. The molecule has 1 amide bonds. The number of amides is 1. The first-order valence-electron chi connectivity index (χ1n) is 8.54. The van der Waals surface area contributed by atoms with Crippen molar-refractivity contribution in [3.05, 3.63) is 29.3 Å². The first-order valence-corrected chi connectivity index (χ1v) is 8.54. The molecule has 4 nitrogen and oxygen atoms in total. The maximum absolute atomic E-state index is 12.6. The van der Waals surface area contributed by atoms with Gasteiger partial charge in [-0.25, -0.2) is 0 Å². The Morgan fingerprint density at radius 3 is 2.43 bits per heavy atom. The van der Waals surface area contributed by atoms with Crippen molar-refractivity contribution in [2.75, 3.05) is 6.54 Å². The lowest BCUT2D eigenvalue weighted by atomic mass is 9.78. The van der Waals surface area contributed by atoms with Crippen LogP contribution >= 0.6 is 0 Å². The molecule has 1 aliphatic carbocycles. The van der Waals surface area contributed by atoms with Crippen molar-refractivity contribution in [2.24, 2.45) is 5.92 Å². The molecule has 5 heteroatoms. The number of rotatable bonds is 3. The number of hydrogen-bond acceptors (Lipinski definition) is 3. The lowest BCUT2D eigenvalue weighted by Crippen LogP contribution is -2.41. The predicted octanol–water partition coefficient (Wildman–Crippen LogP) is 2.35. The van der Waals surface area contributed by atoms with Crippen LogP contribution in [0.5, 0.6) is 0 Å². The molecule has 3 aliphatic rings. The molecule has 122 valence electrons. The van der Waals surface area contributed by atoms with E-state index in [9.17, 15) is 4.79 Å². The summed E-state index contributed by atoms with van der Waals surface area (Å²) < 4.78 is 12.2. The van der Waals surface area contributed by atoms with Gasteiger partial charge in [0.25, 0.3) is 5.91 Å². The largest absolute Gasteiger partial charge is 0.494 e. The predicted molar refractivity (Wildman–Crippen MR) is 89.6 cm³/mol. The fourth-order valence-corrected chi connectivity index (χ4v) is 3.26. The van der Waals surface area contributed by atoms with Crippen molar-refractivity contribution in [1.82, 2.24) is 4.90 Å². The smallest absolute Gasteiger partial charge is 0.399 e. The molecule has 1 aromatic rings. The van der Waals surface area contributed by atoms with Crippen LogP contribution in [-0.4, -0.2) is 35.7 Å². The molecular weight excluding hydrogens is 289 g/mol. The molecule has 0 unspecified atom stereocenters. The molecule has 2 fully saturated rings. The number of fused-ring (bicyclic) bond motifs is 1. The molecule has 0 atom stereocenters. The Kier molecular flexibility index (Phi) is 3.20. The minimum atomic E-state index is -0.407. The minimum Gasteiger partial charge on any atom is -0.399 e. The van der Waals surface area contributed by atoms with Crippen molar-refractivity contribution >= 4 is 18.5 Å². The molecule has 23 heavy (non-hydrogen) atoms. The molecule has 0 radical (unpaired) electrons. The highest BCUT2D eigenvalue weighted by molar-refractivity contribution is 6.62. The number of nitrogens with zero attached hydrogens (tertiary/aromatic N) is 1. The molecule has 0 aromatic heterocycles. The highest BCUT2D eigenvalue weighted by atomic mass is 16.7. The molecule has 0 spiro atoms. The van der Waals surface area contributed by atoms with Crippen LogP contribution in [0, 0.1) is 5.92 Å². The van der Waals surface area contributed by atoms with Gasteiger partial charge in [-0.2, -0.15) is 0 Å². The van der Waals surface area contributed by atoms with Gasteiger partial charge in [0.05, 0.1) is 11.2 Å². The zero-order chi connectivity index (χ0) is 16.4. The Morgan fingerprint density at radius 2 is 1.83 bits per heavy atom. The molecule has 2 heterocycles. The summed E-state index contributed by atoms with van der Waals surface area (Å²) in [5.74, 6) is 0.876. The van der Waals surface area contributed by atoms with Crippen LogP contribution in [0.1, 0.15) is 56.5 Å². The maximum Gasteiger partial charge on any atom is 0.494 e. The van der Waals surface area contributed by atoms with Crippen LogP contribution in [-0.2, 0) is 15.9 Å². The van der Waals surface area contributed by atoms with Crippen molar-refractivity contribution in [2.45, 2.75) is 58.3 Å². The third-order valence-electron chi connectivity index (χ3n) is 5.71. The SMILES string of the molecule is CC1(C)OB(c2ccc3c(c2)C(=O)N(CC2CC2)C3)OC1(C)C. The van der Waals surface area contributed by atoms with Gasteiger partial charge in [-0.3, -0.25) is 4.79 Å². The van der Waals surface area contributed by atoms with E-state index < -0.39 is 7.12 Å². The van der Waals surface area contributed by atoms with E-state index >= 15 is 0 Å². The van der Waals surface area contributed by atoms with Gasteiger partial charge in [-0.15, -0.1) is 0 Å². The number of hydrogen-bond donors (Lipinski definition) is 0. The third kappa shape index (κ3) is 2.50. The van der Waals surface area contributed by atoms with E-state index in [1.165, 1.54) is 12.8 Å². The minimum absolute atomic E-state index is 0.158. The topological polar surface area (TPSA) is 38.8 Å². The standard InChI is InChI=1S/C18H24BNO3/c1-17(2)18(3,4)23-19(22-17)14-8-7-13-11-20(10-12-5-6-12)16(21)15(13)9-14/h7-9,12H,5-6,10-11H2,1-4H3. The lowest BCUT2D eigenvalue weighted by molar-refractivity contribution is 0.00578. The quantitative estimate of drug-likeness (QED) is 0.804. The summed E-state index contributed by atoms with van der Waals surface area (Å²) in [5.41, 5.74) is 2.15. The normalized spacial score (nSPS) is 25.1. The first-order chi connectivity index (χ1) is 10.8. The Labute approximate surface area is 138 Å². The van der Waals surface area contributed by atoms with Crippen LogP contribution in [0.25, 0.3) is 0 Å². The summed E-state index contributed by atoms with van der Waals surface area (Å²) >= 11 is 0. The van der Waals surface area contributed by atoms with Crippen LogP contribution < -0.4 is 5.46 Å². The molecule has 1 aromatic carbocycles. The Hall–Kier alpha value is -1.33. The average Bonchev–Trinajstić information content (AvgIpc) is 3.18. The zero-order valence-corrected chi connectivity index (χ0v) is 14.4. The van der Waals surface area contributed by atoms with Crippen molar-refractivity contribution in [1.29, 1.82) is 0 Å². The molecule has 0 bridgehead atoms. The first kappa shape index (κ1) is 15.2. The van der Waals surface area contributed by atoms with Gasteiger partial charge in [0.1, 0.15) is 0 Å². The molecule has 2 aliphatic heterocycles. The summed E-state index contributed by atoms with van der Waals surface area (Å²) in [4.78, 5) is 14.6. The molecule has 4 rings (SSSR count). The summed E-state index contributed by atoms with van der Waals surface area (Å²) in [6.45, 7) is 9.82. The molecule has 0 N–H and O–H groups in total. The maximum atomic E-state index is 12.6. The summed E-state index contributed by atoms with van der Waals surface area (Å²) in [7, 11) is -0.407. The second-order valence-electron chi connectivity index (χ2n) is 8.13. The van der Waals surface area contributed by atoms with Gasteiger partial charge in [-0.05, 0) is 63.5 Å². The number of benzene rings is 1. The van der Waals surface area contributed by atoms with E-state index in [1.807, 2.05) is 44.7 Å². The second-order valence-corrected chi connectivity index (χ2v) is 8.13. The van der Waals surface area contributed by atoms with Gasteiger partial charge in [0.15, 0.2) is 0 Å². The van der Waals surface area contributed by atoms with Crippen LogP contribution in [0.2, 0.25) is 0 Å². The Balaban J connectivity index is 1.57. The number of carbonyl (C=O) groups is 1. The fourth-order valence-electron chi connectivity index (χ4n) is 3.26. The van der Waals surface area contributed by atoms with E-state index in [0.29, 0.717) is 0 Å². The molecule has 1 saturated carbocycles. The van der Waals surface area contributed by atoms with Crippen molar-refractivity contribution < 1.29 is 14.1 Å². The lowest BCUT2D eigenvalue weighted by Gasteiger charge is -2.32. The van der Waals surface area contributed by atoms with Gasteiger partial charge in [0, 0.05) is 18.7 Å². The van der Waals surface area contributed by atoms with Crippen LogP contribution in [0.15, 0.2) is 18.2 Å². The van der Waals surface area contributed by atoms with Gasteiger partial charge < -0.3 is 14.2 Å². The third-order valence-corrected chi connectivity index (χ3v) is 5.71. The summed E-state index contributed by atoms with van der Waals surface area (Å²) in [6.07, 6.45) is 2.53. The number of carbonyl (C=O) groups excluding carboxylic acids is 1. The summed E-state index contributed by atoms with van der Waals surface area (Å²) in [5, 5.41) is 0. The van der Waals surface area contributed by atoms with Gasteiger partial charge in [0.2, 0.25) is 0 Å². The Bertz CT molecular complexity index is 650. The second kappa shape index (κ2) is 4.84. The van der Waals surface area contributed by atoms with E-state index in [2.05, 4.69) is 6.07 Å². The fraction of sp³-hybridized carbons (Fsp3) is 0.611. The van der Waals surface area contributed by atoms with E-state index in [-0.39, 0.29) is 17.1 Å². The van der Waals surface area contributed by atoms with E-state index in [4.69, 9.17) is 9.31 Å². The van der Waals surface area contributed by atoms with Gasteiger partial charge in [-0.1, -0.05) is 12.1 Å². The van der Waals surface area contributed by atoms with Crippen molar-refractivity contribution in [3.8, 4) is 0 Å². The average molecular weight is 313 g/mol. The van der Waals surface area contributed by atoms with Crippen LogP contribution in [0.4, 0.5) is 0 Å². The Morgan fingerprint density at radius 1 is 1.17 bits per heavy atom. The summed E-state index contributed by atoms with van der Waals surface area (Å²) in [6, 6.07) is 6.06. The zero-order valence-electron chi connectivity index (χ0n) is 14.4. The van der Waals surface area contributed by atoms with Crippen molar-refractivity contribution in [3.63, 3.8) is 0 Å². The highest BCUT2D eigenvalue weighted by Gasteiger charge is 2.52. The monoisotopic (exact) mass is 313 g/mol. The van der Waals surface area contributed by atoms with Crippen LogP contribution in [0.3, 0.4) is 0 Å². The molecule has 1 saturated heterocycles. The van der Waals surface area contributed by atoms with E-state index in [1.54, 1.807) is 0 Å². The van der Waals surface area contributed by atoms with Gasteiger partial charge >= 0.3 is 7.12 Å².